The van der Waals surface area contributed by atoms with E-state index in [2.05, 4.69) is 9.97 Å². The lowest BCUT2D eigenvalue weighted by atomic mass is 9.99. The Balaban J connectivity index is 1.43. The summed E-state index contributed by atoms with van der Waals surface area (Å²) in [4.78, 5) is 66.9. The van der Waals surface area contributed by atoms with Gasteiger partial charge in [0.15, 0.2) is 12.5 Å². The van der Waals surface area contributed by atoms with Crippen molar-refractivity contribution < 1.29 is 29.6 Å². The second-order valence-electron chi connectivity index (χ2n) is 9.57. The van der Waals surface area contributed by atoms with Gasteiger partial charge in [-0.05, 0) is 13.8 Å². The molecule has 0 aromatic carbocycles. The van der Waals surface area contributed by atoms with Crippen LogP contribution < -0.4 is 22.5 Å². The number of carbonyl (C=O) groups excluding carboxylic acids is 1. The molecule has 16 heteroatoms. The van der Waals surface area contributed by atoms with Gasteiger partial charge in [0.25, 0.3) is 11.1 Å². The molecule has 38 heavy (non-hydrogen) atoms. The van der Waals surface area contributed by atoms with Crippen LogP contribution >= 0.6 is 11.8 Å². The molecular weight excluding hydrogens is 526 g/mol. The fourth-order valence-corrected chi connectivity index (χ4v) is 6.54. The molecule has 0 unspecified atom stereocenters. The number of amides is 1. The Kier molecular flexibility index (Phi) is 6.95. The highest BCUT2D eigenvalue weighted by atomic mass is 32.2. The van der Waals surface area contributed by atoms with Crippen LogP contribution in [0.15, 0.2) is 31.6 Å². The Labute approximate surface area is 217 Å². The number of nitrogens with zero attached hydrogens (tertiary/aromatic N) is 3. The van der Waals surface area contributed by atoms with Crippen LogP contribution in [0.25, 0.3) is 0 Å². The highest BCUT2D eigenvalue weighted by Gasteiger charge is 2.55. The normalized spacial score (nSPS) is 33.4. The molecule has 5 rings (SSSR count). The molecule has 15 nitrogen and oxygen atoms in total. The second kappa shape index (κ2) is 9.94. The van der Waals surface area contributed by atoms with Crippen LogP contribution in [0.1, 0.15) is 30.0 Å². The van der Waals surface area contributed by atoms with Gasteiger partial charge in [0.1, 0.15) is 18.4 Å². The van der Waals surface area contributed by atoms with Gasteiger partial charge in [0, 0.05) is 35.9 Å². The predicted octanol–water partition coefficient (Wildman–Crippen LogP) is -2.92. The smallest absolute Gasteiger partial charge is 0.330 e. The van der Waals surface area contributed by atoms with E-state index in [0.29, 0.717) is 5.56 Å². The molecule has 8 atom stereocenters. The van der Waals surface area contributed by atoms with Gasteiger partial charge in [-0.1, -0.05) is 0 Å². The molecule has 0 radical (unpaired) electrons. The topological polar surface area (TPSA) is 209 Å². The number of aliphatic hydroxyl groups excluding tert-OH is 3. The van der Waals surface area contributed by atoms with Crippen molar-refractivity contribution in [2.24, 2.45) is 5.92 Å². The Bertz CT molecular complexity index is 1480. The average Bonchev–Trinajstić information content (AvgIpc) is 3.54. The fourth-order valence-electron chi connectivity index (χ4n) is 5.15. The number of aliphatic hydroxyl groups is 3. The average molecular weight is 554 g/mol. The van der Waals surface area contributed by atoms with Crippen LogP contribution in [0.5, 0.6) is 0 Å². The van der Waals surface area contributed by atoms with Gasteiger partial charge in [-0.2, -0.15) is 0 Å². The van der Waals surface area contributed by atoms with Gasteiger partial charge < -0.3 is 29.7 Å². The molecule has 0 saturated carbocycles. The molecule has 0 spiro atoms. The van der Waals surface area contributed by atoms with E-state index in [9.17, 15) is 39.3 Å². The van der Waals surface area contributed by atoms with Crippen molar-refractivity contribution in [1.29, 1.82) is 0 Å². The fraction of sp³-hybridized carbons (Fsp3) is 0.591. The molecule has 2 aromatic heterocycles. The zero-order valence-corrected chi connectivity index (χ0v) is 21.2. The number of ether oxygens (including phenoxy) is 2. The highest BCUT2D eigenvalue weighted by molar-refractivity contribution is 8.01. The summed E-state index contributed by atoms with van der Waals surface area (Å²) in [7, 11) is 0. The second-order valence-corrected chi connectivity index (χ2v) is 10.7. The van der Waals surface area contributed by atoms with Gasteiger partial charge in [0.05, 0.1) is 23.8 Å². The number of hydrogen-bond acceptors (Lipinski definition) is 11. The van der Waals surface area contributed by atoms with Crippen molar-refractivity contribution >= 4 is 17.7 Å². The van der Waals surface area contributed by atoms with Crippen molar-refractivity contribution in [2.45, 2.75) is 62.6 Å². The monoisotopic (exact) mass is 553 g/mol. The lowest BCUT2D eigenvalue weighted by Gasteiger charge is -2.35. The first-order valence-corrected chi connectivity index (χ1v) is 12.9. The first kappa shape index (κ1) is 26.6. The number of thioether (sulfide) groups is 1. The summed E-state index contributed by atoms with van der Waals surface area (Å²) in [6, 6.07) is 0. The molecule has 5 heterocycles. The van der Waals surface area contributed by atoms with Crippen LogP contribution in [0.4, 0.5) is 0 Å². The lowest BCUT2D eigenvalue weighted by Crippen LogP contribution is -2.51. The number of rotatable bonds is 5. The van der Waals surface area contributed by atoms with Crippen LogP contribution in [-0.4, -0.2) is 87.5 Å². The summed E-state index contributed by atoms with van der Waals surface area (Å²) in [5.74, 6) is -0.906. The Morgan fingerprint density at radius 2 is 1.50 bits per heavy atom. The zero-order valence-electron chi connectivity index (χ0n) is 20.3. The Hall–Kier alpha value is -3.02. The van der Waals surface area contributed by atoms with Crippen molar-refractivity contribution in [3.63, 3.8) is 0 Å². The number of aromatic nitrogens is 4. The molecule has 3 saturated heterocycles. The number of aromatic amines is 2. The predicted molar refractivity (Wildman–Crippen MR) is 130 cm³/mol. The van der Waals surface area contributed by atoms with E-state index in [1.807, 2.05) is 0 Å². The molecule has 0 bridgehead atoms. The Morgan fingerprint density at radius 3 is 2.13 bits per heavy atom. The van der Waals surface area contributed by atoms with Crippen molar-refractivity contribution in [1.82, 2.24) is 24.0 Å². The van der Waals surface area contributed by atoms with E-state index in [1.54, 1.807) is 0 Å². The van der Waals surface area contributed by atoms with E-state index in [4.69, 9.17) is 9.47 Å². The number of carbonyl (C=O) groups is 1. The Morgan fingerprint density at radius 1 is 0.921 bits per heavy atom. The van der Waals surface area contributed by atoms with Crippen molar-refractivity contribution in [2.75, 3.05) is 12.4 Å². The van der Waals surface area contributed by atoms with Gasteiger partial charge in [-0.25, -0.2) is 9.59 Å². The molecule has 3 aliphatic rings. The molecule has 206 valence electrons. The quantitative estimate of drug-likeness (QED) is 0.253. The first-order valence-electron chi connectivity index (χ1n) is 11.9. The van der Waals surface area contributed by atoms with Gasteiger partial charge >= 0.3 is 11.4 Å². The molecule has 5 N–H and O–H groups in total. The van der Waals surface area contributed by atoms with E-state index in [0.717, 1.165) is 4.57 Å². The first-order chi connectivity index (χ1) is 18.0. The summed E-state index contributed by atoms with van der Waals surface area (Å²) in [5.41, 5.74) is -2.21. The molecule has 2 aromatic rings. The number of aryl methyl sites for hydroxylation is 2. The molecule has 3 fully saturated rings. The maximum absolute atomic E-state index is 13.0. The summed E-state index contributed by atoms with van der Waals surface area (Å²) in [6.45, 7) is 2.57. The van der Waals surface area contributed by atoms with E-state index >= 15 is 0 Å². The van der Waals surface area contributed by atoms with Crippen LogP contribution in [0.3, 0.4) is 0 Å². The minimum atomic E-state index is -1.61. The van der Waals surface area contributed by atoms with E-state index < -0.39 is 83.3 Å². The van der Waals surface area contributed by atoms with Crippen LogP contribution in [-0.2, 0) is 14.3 Å². The van der Waals surface area contributed by atoms with Crippen molar-refractivity contribution in [3.05, 3.63) is 65.2 Å². The third-order valence-electron chi connectivity index (χ3n) is 7.13. The van der Waals surface area contributed by atoms with Gasteiger partial charge in [0.2, 0.25) is 5.91 Å². The summed E-state index contributed by atoms with van der Waals surface area (Å²) < 4.78 is 14.0. The summed E-state index contributed by atoms with van der Waals surface area (Å²) in [5, 5.41) is 31.0. The molecule has 0 aliphatic carbocycles. The zero-order chi connectivity index (χ0) is 27.5. The minimum Gasteiger partial charge on any atom is -0.394 e. The summed E-state index contributed by atoms with van der Waals surface area (Å²) >= 11 is 1.23. The highest BCUT2D eigenvalue weighted by Crippen LogP contribution is 2.45. The van der Waals surface area contributed by atoms with Gasteiger partial charge in [-0.15, -0.1) is 11.8 Å². The van der Waals surface area contributed by atoms with E-state index in [1.165, 1.54) is 47.5 Å². The third kappa shape index (κ3) is 4.36. The van der Waals surface area contributed by atoms with Crippen LogP contribution in [0.2, 0.25) is 0 Å². The minimum absolute atomic E-state index is 0.0206. The molecule has 1 amide bonds. The standard InChI is InChI=1S/C22H27N5O10S/c1-8-4-25(21(34)23-16(8)32)13-3-10(11(6-28)36-13)20-27(12(29)7-38-20)19-15(31)14(30)18(37-19)26-5-9(2)17(33)24-22(26)35/h4-5,10-11,13-15,18-20,28,30-31H,3,6-7H2,1-2H3,(H,23,32,34)(H,24,33,35)/t10-,11+,13+,14+,15-,18+,19-,20+/m0/s1. The molecular formula is C22H27N5O10S. The van der Waals surface area contributed by atoms with Crippen molar-refractivity contribution in [3.8, 4) is 0 Å². The number of H-pyrrole nitrogens is 2. The maximum atomic E-state index is 13.0. The SMILES string of the molecule is Cc1cn([C@@H]2O[C@H](N3C(=O)CS[C@@H]3[C@H]3C[C@H](n4cc(C)c(=O)[nH]c4=O)O[C@@H]3CO)[C@@H](O)[C@H]2O)c(=O)[nH]c1=O. The van der Waals surface area contributed by atoms with E-state index in [-0.39, 0.29) is 17.7 Å². The largest absolute Gasteiger partial charge is 0.394 e. The third-order valence-corrected chi connectivity index (χ3v) is 8.46. The lowest BCUT2D eigenvalue weighted by molar-refractivity contribution is -0.155. The van der Waals surface area contributed by atoms with Crippen LogP contribution in [0, 0.1) is 19.8 Å². The maximum Gasteiger partial charge on any atom is 0.330 e. The van der Waals surface area contributed by atoms with Gasteiger partial charge in [-0.3, -0.25) is 33.5 Å². The molecule has 3 aliphatic heterocycles. The number of nitrogens with one attached hydrogen (secondary N) is 2. The number of hydrogen-bond donors (Lipinski definition) is 5. The summed E-state index contributed by atoms with van der Waals surface area (Å²) in [6.07, 6.45) is -4.83.